The summed E-state index contributed by atoms with van der Waals surface area (Å²) < 4.78 is 5.74. The maximum Gasteiger partial charge on any atom is 0.0599 e. The van der Waals surface area contributed by atoms with Gasteiger partial charge in [-0.25, -0.2) is 0 Å². The monoisotopic (exact) mass is 288 g/mol. The van der Waals surface area contributed by atoms with Gasteiger partial charge in [0, 0.05) is 31.9 Å². The molecule has 1 aromatic carbocycles. The van der Waals surface area contributed by atoms with Gasteiger partial charge in [0.1, 0.15) is 0 Å². The van der Waals surface area contributed by atoms with Crippen molar-refractivity contribution in [2.75, 3.05) is 25.4 Å². The number of benzene rings is 1. The van der Waals surface area contributed by atoms with Crippen LogP contribution in [0.4, 0.5) is 5.69 Å². The van der Waals surface area contributed by atoms with Crippen LogP contribution in [0.5, 0.6) is 0 Å². The van der Waals surface area contributed by atoms with Crippen molar-refractivity contribution in [2.24, 2.45) is 0 Å². The lowest BCUT2D eigenvalue weighted by atomic mass is 9.97. The molecule has 0 unspecified atom stereocenters. The van der Waals surface area contributed by atoms with Crippen LogP contribution in [0.25, 0.3) is 0 Å². The molecule has 0 spiro atoms. The highest BCUT2D eigenvalue weighted by atomic mass is 16.5. The molecule has 116 valence electrons. The van der Waals surface area contributed by atoms with Gasteiger partial charge in [-0.15, -0.1) is 0 Å². The topological polar surface area (TPSA) is 38.5 Å². The van der Waals surface area contributed by atoms with E-state index in [1.54, 1.807) is 5.56 Å². The maximum atomic E-state index is 6.14. The molecule has 1 heterocycles. The first-order valence-corrected chi connectivity index (χ1v) is 8.40. The van der Waals surface area contributed by atoms with Crippen molar-refractivity contribution in [3.05, 3.63) is 28.8 Å². The second kappa shape index (κ2) is 6.37. The van der Waals surface area contributed by atoms with E-state index < -0.39 is 0 Å². The summed E-state index contributed by atoms with van der Waals surface area (Å²) in [6.45, 7) is 8.38. The number of rotatable bonds is 5. The molecule has 2 aliphatic rings. The Morgan fingerprint density at radius 1 is 1.19 bits per heavy atom. The summed E-state index contributed by atoms with van der Waals surface area (Å²) in [6, 6.07) is 4.55. The second-order valence-electron chi connectivity index (χ2n) is 6.61. The van der Waals surface area contributed by atoms with Crippen molar-refractivity contribution < 1.29 is 4.74 Å². The first-order valence-electron chi connectivity index (χ1n) is 8.40. The van der Waals surface area contributed by atoms with Crippen LogP contribution >= 0.6 is 0 Å². The Kier molecular flexibility index (Phi) is 4.51. The average Bonchev–Trinajstić information content (AvgIpc) is 3.29. The van der Waals surface area contributed by atoms with Gasteiger partial charge in [0.15, 0.2) is 0 Å². The minimum absolute atomic E-state index is 0.470. The SMILES string of the molecule is CCOC1CCN(Cc2cc(N)c(C)cc2C2CC2)CC1. The molecule has 1 aliphatic heterocycles. The lowest BCUT2D eigenvalue weighted by molar-refractivity contribution is 0.0125. The summed E-state index contributed by atoms with van der Waals surface area (Å²) in [5.74, 6) is 0.792. The van der Waals surface area contributed by atoms with Gasteiger partial charge >= 0.3 is 0 Å². The fraction of sp³-hybridized carbons (Fsp3) is 0.667. The first kappa shape index (κ1) is 14.9. The summed E-state index contributed by atoms with van der Waals surface area (Å²) in [7, 11) is 0. The van der Waals surface area contributed by atoms with Crippen LogP contribution in [-0.4, -0.2) is 30.7 Å². The minimum Gasteiger partial charge on any atom is -0.399 e. The van der Waals surface area contributed by atoms with Crippen molar-refractivity contribution in [1.82, 2.24) is 4.90 Å². The van der Waals surface area contributed by atoms with Crippen LogP contribution in [0.1, 0.15) is 55.2 Å². The average molecular weight is 288 g/mol. The molecular weight excluding hydrogens is 260 g/mol. The molecule has 0 atom stereocenters. The normalized spacial score (nSPS) is 20.9. The quantitative estimate of drug-likeness (QED) is 0.843. The van der Waals surface area contributed by atoms with Crippen LogP contribution in [0, 0.1) is 6.92 Å². The third kappa shape index (κ3) is 3.58. The number of nitrogens with two attached hydrogens (primary N) is 1. The van der Waals surface area contributed by atoms with E-state index in [0.29, 0.717) is 6.10 Å². The molecule has 0 radical (unpaired) electrons. The van der Waals surface area contributed by atoms with Gasteiger partial charge in [0.25, 0.3) is 0 Å². The number of piperidine rings is 1. The molecule has 1 aliphatic carbocycles. The Balaban J connectivity index is 1.66. The van der Waals surface area contributed by atoms with Gasteiger partial charge in [-0.05, 0) is 68.2 Å². The summed E-state index contributed by atoms with van der Waals surface area (Å²) in [5.41, 5.74) is 11.3. The number of hydrogen-bond donors (Lipinski definition) is 1. The van der Waals surface area contributed by atoms with Crippen molar-refractivity contribution in [1.29, 1.82) is 0 Å². The van der Waals surface area contributed by atoms with Crippen molar-refractivity contribution in [3.63, 3.8) is 0 Å². The standard InChI is InChI=1S/C18H28N2O/c1-3-21-16-6-8-20(9-7-16)12-15-11-18(19)13(2)10-17(15)14-4-5-14/h10-11,14,16H,3-9,12,19H2,1-2H3. The van der Waals surface area contributed by atoms with Crippen LogP contribution in [0.2, 0.25) is 0 Å². The number of ether oxygens (including phenoxy) is 1. The zero-order chi connectivity index (χ0) is 14.8. The van der Waals surface area contributed by atoms with E-state index in [1.807, 2.05) is 0 Å². The second-order valence-corrected chi connectivity index (χ2v) is 6.61. The molecule has 21 heavy (non-hydrogen) atoms. The predicted molar refractivity (Wildman–Crippen MR) is 87.5 cm³/mol. The zero-order valence-corrected chi connectivity index (χ0v) is 13.4. The summed E-state index contributed by atoms with van der Waals surface area (Å²) in [4.78, 5) is 2.56. The van der Waals surface area contributed by atoms with E-state index >= 15 is 0 Å². The predicted octanol–water partition coefficient (Wildman–Crippen LogP) is 3.46. The van der Waals surface area contributed by atoms with Gasteiger partial charge in [-0.3, -0.25) is 4.90 Å². The summed E-state index contributed by atoms with van der Waals surface area (Å²) in [5, 5.41) is 0. The fourth-order valence-electron chi connectivity index (χ4n) is 3.42. The highest BCUT2D eigenvalue weighted by Crippen LogP contribution is 2.43. The molecule has 2 fully saturated rings. The van der Waals surface area contributed by atoms with E-state index in [1.165, 1.54) is 24.0 Å². The van der Waals surface area contributed by atoms with E-state index in [4.69, 9.17) is 10.5 Å². The number of likely N-dealkylation sites (tertiary alicyclic amines) is 1. The number of aryl methyl sites for hydroxylation is 1. The van der Waals surface area contributed by atoms with Crippen LogP contribution < -0.4 is 5.73 Å². The zero-order valence-electron chi connectivity index (χ0n) is 13.4. The van der Waals surface area contributed by atoms with Crippen LogP contribution in [0.3, 0.4) is 0 Å². The summed E-state index contributed by atoms with van der Waals surface area (Å²) in [6.07, 6.45) is 5.49. The van der Waals surface area contributed by atoms with Gasteiger partial charge in [-0.2, -0.15) is 0 Å². The summed E-state index contributed by atoms with van der Waals surface area (Å²) >= 11 is 0. The number of nitrogen functional groups attached to an aromatic ring is 1. The molecule has 0 aromatic heterocycles. The van der Waals surface area contributed by atoms with E-state index in [2.05, 4.69) is 30.9 Å². The Morgan fingerprint density at radius 3 is 2.52 bits per heavy atom. The molecule has 2 N–H and O–H groups in total. The maximum absolute atomic E-state index is 6.14. The molecule has 1 aromatic rings. The molecular formula is C18H28N2O. The van der Waals surface area contributed by atoms with Crippen LogP contribution in [-0.2, 0) is 11.3 Å². The van der Waals surface area contributed by atoms with Gasteiger partial charge in [0.05, 0.1) is 6.10 Å². The lowest BCUT2D eigenvalue weighted by Crippen LogP contribution is -2.36. The third-order valence-corrected chi connectivity index (χ3v) is 4.88. The number of hydrogen-bond acceptors (Lipinski definition) is 3. The van der Waals surface area contributed by atoms with E-state index in [-0.39, 0.29) is 0 Å². The van der Waals surface area contributed by atoms with E-state index in [0.717, 1.165) is 50.7 Å². The molecule has 1 saturated carbocycles. The Hall–Kier alpha value is -1.06. The van der Waals surface area contributed by atoms with Crippen molar-refractivity contribution in [2.45, 2.75) is 58.1 Å². The molecule has 3 rings (SSSR count). The molecule has 0 amide bonds. The van der Waals surface area contributed by atoms with Gasteiger partial charge < -0.3 is 10.5 Å². The Labute approximate surface area is 128 Å². The smallest absolute Gasteiger partial charge is 0.0599 e. The molecule has 3 nitrogen and oxygen atoms in total. The number of nitrogens with zero attached hydrogens (tertiary/aromatic N) is 1. The Morgan fingerprint density at radius 2 is 1.90 bits per heavy atom. The third-order valence-electron chi connectivity index (χ3n) is 4.88. The Bertz CT molecular complexity index is 488. The fourth-order valence-corrected chi connectivity index (χ4v) is 3.42. The van der Waals surface area contributed by atoms with Gasteiger partial charge in [0.2, 0.25) is 0 Å². The van der Waals surface area contributed by atoms with E-state index in [9.17, 15) is 0 Å². The van der Waals surface area contributed by atoms with Gasteiger partial charge in [-0.1, -0.05) is 6.07 Å². The molecule has 3 heteroatoms. The highest BCUT2D eigenvalue weighted by Gasteiger charge is 2.28. The molecule has 0 bridgehead atoms. The molecule has 1 saturated heterocycles. The van der Waals surface area contributed by atoms with Crippen LogP contribution in [0.15, 0.2) is 12.1 Å². The number of anilines is 1. The van der Waals surface area contributed by atoms with Crippen molar-refractivity contribution in [3.8, 4) is 0 Å². The largest absolute Gasteiger partial charge is 0.399 e. The lowest BCUT2D eigenvalue weighted by Gasteiger charge is -2.32. The first-order chi connectivity index (χ1) is 10.2. The minimum atomic E-state index is 0.470. The van der Waals surface area contributed by atoms with Crippen molar-refractivity contribution >= 4 is 5.69 Å². The highest BCUT2D eigenvalue weighted by molar-refractivity contribution is 5.53.